The smallest absolute Gasteiger partial charge is 0.188 e. The van der Waals surface area contributed by atoms with E-state index in [1.807, 2.05) is 12.1 Å². The summed E-state index contributed by atoms with van der Waals surface area (Å²) in [5, 5.41) is 3.14. The fourth-order valence-corrected chi connectivity index (χ4v) is 2.06. The van der Waals surface area contributed by atoms with Gasteiger partial charge in [0.05, 0.1) is 14.2 Å². The maximum absolute atomic E-state index is 5.83. The highest BCUT2D eigenvalue weighted by atomic mass is 16.5. The SMILES string of the molecule is COc1ccc(CCCN=C(N)NCCC(C)C)cc1OC. The van der Waals surface area contributed by atoms with E-state index in [2.05, 4.69) is 30.2 Å². The van der Waals surface area contributed by atoms with E-state index in [0.717, 1.165) is 43.9 Å². The molecule has 0 unspecified atom stereocenters. The standard InChI is InChI=1S/C17H29N3O2/c1-13(2)9-11-20-17(18)19-10-5-6-14-7-8-15(21-3)16(12-14)22-4/h7-8,12-13H,5-6,9-11H2,1-4H3,(H3,18,19,20). The minimum atomic E-state index is 0.535. The van der Waals surface area contributed by atoms with E-state index >= 15 is 0 Å². The molecule has 3 N–H and O–H groups in total. The zero-order valence-electron chi connectivity index (χ0n) is 14.2. The van der Waals surface area contributed by atoms with Crippen LogP contribution in [-0.2, 0) is 6.42 Å². The van der Waals surface area contributed by atoms with E-state index in [4.69, 9.17) is 15.2 Å². The number of aryl methyl sites for hydroxylation is 1. The lowest BCUT2D eigenvalue weighted by atomic mass is 10.1. The first-order valence-electron chi connectivity index (χ1n) is 7.81. The second-order valence-corrected chi connectivity index (χ2v) is 5.67. The van der Waals surface area contributed by atoms with Gasteiger partial charge in [-0.1, -0.05) is 19.9 Å². The molecule has 0 saturated heterocycles. The van der Waals surface area contributed by atoms with Gasteiger partial charge in [-0.05, 0) is 42.9 Å². The van der Waals surface area contributed by atoms with Crippen molar-refractivity contribution in [3.05, 3.63) is 23.8 Å². The Morgan fingerprint density at radius 1 is 1.23 bits per heavy atom. The van der Waals surface area contributed by atoms with E-state index in [-0.39, 0.29) is 0 Å². The van der Waals surface area contributed by atoms with E-state index in [9.17, 15) is 0 Å². The van der Waals surface area contributed by atoms with Crippen LogP contribution in [0.2, 0.25) is 0 Å². The highest BCUT2D eigenvalue weighted by Gasteiger charge is 2.04. The van der Waals surface area contributed by atoms with Crippen LogP contribution in [0.25, 0.3) is 0 Å². The van der Waals surface area contributed by atoms with Crippen LogP contribution in [0.1, 0.15) is 32.3 Å². The number of nitrogens with two attached hydrogens (primary N) is 1. The lowest BCUT2D eigenvalue weighted by Gasteiger charge is -2.09. The van der Waals surface area contributed by atoms with Crippen LogP contribution in [-0.4, -0.2) is 33.3 Å². The Hall–Kier alpha value is -1.91. The molecule has 0 fully saturated rings. The molecule has 0 spiro atoms. The number of nitrogens with one attached hydrogen (secondary N) is 1. The van der Waals surface area contributed by atoms with Crippen molar-refractivity contribution in [2.45, 2.75) is 33.1 Å². The topological polar surface area (TPSA) is 68.9 Å². The molecular weight excluding hydrogens is 278 g/mol. The summed E-state index contributed by atoms with van der Waals surface area (Å²) in [5.74, 6) is 2.72. The van der Waals surface area contributed by atoms with E-state index in [1.54, 1.807) is 14.2 Å². The molecule has 0 heterocycles. The third kappa shape index (κ3) is 6.70. The second-order valence-electron chi connectivity index (χ2n) is 5.67. The first-order chi connectivity index (χ1) is 10.6. The highest BCUT2D eigenvalue weighted by Crippen LogP contribution is 2.27. The lowest BCUT2D eigenvalue weighted by Crippen LogP contribution is -2.33. The van der Waals surface area contributed by atoms with Gasteiger partial charge in [0.1, 0.15) is 0 Å². The van der Waals surface area contributed by atoms with Gasteiger partial charge in [-0.15, -0.1) is 0 Å². The number of aliphatic imine (C=N–C) groups is 1. The van der Waals surface area contributed by atoms with Gasteiger partial charge >= 0.3 is 0 Å². The van der Waals surface area contributed by atoms with Crippen LogP contribution in [0.15, 0.2) is 23.2 Å². The average Bonchev–Trinajstić information content (AvgIpc) is 2.51. The molecule has 0 atom stereocenters. The number of nitrogens with zero attached hydrogens (tertiary/aromatic N) is 1. The van der Waals surface area contributed by atoms with Gasteiger partial charge in [-0.2, -0.15) is 0 Å². The summed E-state index contributed by atoms with van der Waals surface area (Å²) in [6.45, 7) is 5.98. The quantitative estimate of drug-likeness (QED) is 0.418. The average molecular weight is 307 g/mol. The minimum absolute atomic E-state index is 0.535. The van der Waals surface area contributed by atoms with Crippen LogP contribution >= 0.6 is 0 Å². The summed E-state index contributed by atoms with van der Waals surface area (Å²) in [6, 6.07) is 5.99. The molecule has 1 aromatic rings. The summed E-state index contributed by atoms with van der Waals surface area (Å²) in [7, 11) is 3.29. The summed E-state index contributed by atoms with van der Waals surface area (Å²) >= 11 is 0. The van der Waals surface area contributed by atoms with Crippen molar-refractivity contribution in [3.8, 4) is 11.5 Å². The number of guanidine groups is 1. The molecule has 124 valence electrons. The molecule has 5 heteroatoms. The molecule has 0 bridgehead atoms. The summed E-state index contributed by atoms with van der Waals surface area (Å²) in [5.41, 5.74) is 7.03. The molecule has 0 aliphatic heterocycles. The normalized spacial score (nSPS) is 11.6. The maximum Gasteiger partial charge on any atom is 0.188 e. The summed E-state index contributed by atoms with van der Waals surface area (Å²) in [6.07, 6.45) is 2.98. The van der Waals surface area contributed by atoms with Crippen molar-refractivity contribution >= 4 is 5.96 Å². The lowest BCUT2D eigenvalue weighted by molar-refractivity contribution is 0.354. The van der Waals surface area contributed by atoms with Gasteiger partial charge in [-0.3, -0.25) is 4.99 Å². The maximum atomic E-state index is 5.83. The Balaban J connectivity index is 2.34. The minimum Gasteiger partial charge on any atom is -0.493 e. The van der Waals surface area contributed by atoms with Gasteiger partial charge in [0.15, 0.2) is 17.5 Å². The first-order valence-corrected chi connectivity index (χ1v) is 7.81. The van der Waals surface area contributed by atoms with Crippen molar-refractivity contribution in [2.24, 2.45) is 16.6 Å². The van der Waals surface area contributed by atoms with Crippen molar-refractivity contribution < 1.29 is 9.47 Å². The summed E-state index contributed by atoms with van der Waals surface area (Å²) in [4.78, 5) is 4.34. The number of hydrogen-bond donors (Lipinski definition) is 2. The Morgan fingerprint density at radius 2 is 1.95 bits per heavy atom. The first kappa shape index (κ1) is 18.1. The van der Waals surface area contributed by atoms with Crippen molar-refractivity contribution in [1.29, 1.82) is 0 Å². The number of benzene rings is 1. The molecule has 22 heavy (non-hydrogen) atoms. The molecule has 0 amide bonds. The zero-order chi connectivity index (χ0) is 16.4. The number of methoxy groups -OCH3 is 2. The predicted molar refractivity (Wildman–Crippen MR) is 91.8 cm³/mol. The fourth-order valence-electron chi connectivity index (χ4n) is 2.06. The van der Waals surface area contributed by atoms with E-state index in [0.29, 0.717) is 11.9 Å². The molecule has 5 nitrogen and oxygen atoms in total. The van der Waals surface area contributed by atoms with Gasteiger partial charge in [-0.25, -0.2) is 0 Å². The van der Waals surface area contributed by atoms with Crippen LogP contribution in [0.4, 0.5) is 0 Å². The monoisotopic (exact) mass is 307 g/mol. The second kappa shape index (κ2) is 9.92. The Morgan fingerprint density at radius 3 is 2.59 bits per heavy atom. The van der Waals surface area contributed by atoms with Crippen molar-refractivity contribution in [3.63, 3.8) is 0 Å². The largest absolute Gasteiger partial charge is 0.493 e. The van der Waals surface area contributed by atoms with Crippen molar-refractivity contribution in [1.82, 2.24) is 5.32 Å². The van der Waals surface area contributed by atoms with Crippen LogP contribution in [0.5, 0.6) is 11.5 Å². The zero-order valence-corrected chi connectivity index (χ0v) is 14.2. The third-order valence-corrected chi connectivity index (χ3v) is 3.38. The van der Waals surface area contributed by atoms with E-state index < -0.39 is 0 Å². The summed E-state index contributed by atoms with van der Waals surface area (Å²) < 4.78 is 10.5. The van der Waals surface area contributed by atoms with Crippen LogP contribution in [0.3, 0.4) is 0 Å². The Labute approximate surface area is 133 Å². The molecule has 1 aromatic carbocycles. The van der Waals surface area contributed by atoms with Gasteiger partial charge in [0, 0.05) is 13.1 Å². The van der Waals surface area contributed by atoms with Gasteiger partial charge in [0.25, 0.3) is 0 Å². The number of hydrogen-bond acceptors (Lipinski definition) is 3. The fraction of sp³-hybridized carbons (Fsp3) is 0.588. The Kier molecular flexibility index (Phi) is 8.18. The molecule has 0 aliphatic rings. The van der Waals surface area contributed by atoms with Gasteiger partial charge in [0.2, 0.25) is 0 Å². The van der Waals surface area contributed by atoms with E-state index in [1.165, 1.54) is 5.56 Å². The molecule has 0 aromatic heterocycles. The third-order valence-electron chi connectivity index (χ3n) is 3.38. The molecule has 0 radical (unpaired) electrons. The number of ether oxygens (including phenoxy) is 2. The van der Waals surface area contributed by atoms with Gasteiger partial charge < -0.3 is 20.5 Å². The highest BCUT2D eigenvalue weighted by molar-refractivity contribution is 5.77. The molecular formula is C17H29N3O2. The van der Waals surface area contributed by atoms with Crippen LogP contribution in [0, 0.1) is 5.92 Å². The molecule has 1 rings (SSSR count). The molecule has 0 aliphatic carbocycles. The predicted octanol–water partition coefficient (Wildman–Crippen LogP) is 2.59. The van der Waals surface area contributed by atoms with Crippen LogP contribution < -0.4 is 20.5 Å². The van der Waals surface area contributed by atoms with Crippen molar-refractivity contribution in [2.75, 3.05) is 27.3 Å². The molecule has 0 saturated carbocycles. The number of rotatable bonds is 9. The Bertz CT molecular complexity index is 473.